The molecule has 1 amide bonds. The zero-order valence-electron chi connectivity index (χ0n) is 15.7. The molecule has 0 saturated carbocycles. The number of rotatable bonds is 1. The minimum Gasteiger partial charge on any atom is -0.444 e. The van der Waals surface area contributed by atoms with E-state index >= 15 is 0 Å². The van der Waals surface area contributed by atoms with Crippen molar-refractivity contribution < 1.29 is 9.53 Å². The van der Waals surface area contributed by atoms with Crippen LogP contribution in [0.2, 0.25) is 0 Å². The second kappa shape index (κ2) is 6.04. The first kappa shape index (κ1) is 17.0. The van der Waals surface area contributed by atoms with Gasteiger partial charge in [0.1, 0.15) is 5.60 Å². The van der Waals surface area contributed by atoms with Crippen LogP contribution in [0.1, 0.15) is 32.8 Å². The second-order valence-corrected chi connectivity index (χ2v) is 8.41. The van der Waals surface area contributed by atoms with Crippen molar-refractivity contribution >= 4 is 11.8 Å². The standard InChI is InChI=1S/C22H26N2O2/c1-21(2,3)26-20(25)24-12-11-22(15-24)14-23-19-10-9-17(13-18(19)22)16-7-5-4-6-8-16/h4-10,13,23H,11-12,14-15H2,1-3H3. The Hall–Kier alpha value is -2.49. The van der Waals surface area contributed by atoms with E-state index in [0.29, 0.717) is 6.54 Å². The number of amides is 1. The monoisotopic (exact) mass is 350 g/mol. The van der Waals surface area contributed by atoms with Crippen molar-refractivity contribution in [2.24, 2.45) is 0 Å². The third-order valence-corrected chi connectivity index (χ3v) is 5.32. The van der Waals surface area contributed by atoms with E-state index in [0.717, 1.165) is 19.5 Å². The number of likely N-dealkylation sites (tertiary alicyclic amines) is 1. The summed E-state index contributed by atoms with van der Waals surface area (Å²) in [7, 11) is 0. The van der Waals surface area contributed by atoms with E-state index in [2.05, 4.69) is 47.8 Å². The van der Waals surface area contributed by atoms with Crippen LogP contribution in [0.3, 0.4) is 0 Å². The number of ether oxygens (including phenoxy) is 1. The lowest BCUT2D eigenvalue weighted by atomic mass is 9.80. The summed E-state index contributed by atoms with van der Waals surface area (Å²) >= 11 is 0. The Kier molecular flexibility index (Phi) is 3.94. The maximum absolute atomic E-state index is 12.5. The second-order valence-electron chi connectivity index (χ2n) is 8.41. The quantitative estimate of drug-likeness (QED) is 0.813. The maximum Gasteiger partial charge on any atom is 0.410 e. The summed E-state index contributed by atoms with van der Waals surface area (Å²) in [6, 6.07) is 17.1. The number of anilines is 1. The fourth-order valence-electron chi connectivity index (χ4n) is 4.03. The molecule has 1 spiro atoms. The first-order chi connectivity index (χ1) is 12.4. The molecular formula is C22H26N2O2. The van der Waals surface area contributed by atoms with E-state index < -0.39 is 5.60 Å². The number of carbonyl (C=O) groups excluding carboxylic acids is 1. The van der Waals surface area contributed by atoms with Gasteiger partial charge in [-0.2, -0.15) is 0 Å². The molecule has 136 valence electrons. The molecule has 2 aromatic rings. The first-order valence-electron chi connectivity index (χ1n) is 9.28. The predicted molar refractivity (Wildman–Crippen MR) is 104 cm³/mol. The predicted octanol–water partition coefficient (Wildman–Crippen LogP) is 4.66. The van der Waals surface area contributed by atoms with Gasteiger partial charge in [0, 0.05) is 30.7 Å². The number of carbonyl (C=O) groups is 1. The number of nitrogens with zero attached hydrogens (tertiary/aromatic N) is 1. The lowest BCUT2D eigenvalue weighted by Gasteiger charge is -2.27. The summed E-state index contributed by atoms with van der Waals surface area (Å²) in [6.07, 6.45) is 0.756. The Balaban J connectivity index is 1.60. The van der Waals surface area contributed by atoms with Crippen LogP contribution >= 0.6 is 0 Å². The van der Waals surface area contributed by atoms with E-state index in [1.54, 1.807) is 0 Å². The Morgan fingerprint density at radius 1 is 1.12 bits per heavy atom. The van der Waals surface area contributed by atoms with Crippen molar-refractivity contribution in [1.82, 2.24) is 4.90 Å². The van der Waals surface area contributed by atoms with Crippen LogP contribution in [-0.4, -0.2) is 36.2 Å². The van der Waals surface area contributed by atoms with Crippen LogP contribution in [0.25, 0.3) is 11.1 Å². The molecule has 26 heavy (non-hydrogen) atoms. The average molecular weight is 350 g/mol. The zero-order chi connectivity index (χ0) is 18.4. The van der Waals surface area contributed by atoms with Gasteiger partial charge in [0.2, 0.25) is 0 Å². The number of benzene rings is 2. The molecule has 4 rings (SSSR count). The highest BCUT2D eigenvalue weighted by Crippen LogP contribution is 2.45. The molecule has 1 unspecified atom stereocenters. The summed E-state index contributed by atoms with van der Waals surface area (Å²) in [5.41, 5.74) is 4.49. The van der Waals surface area contributed by atoms with Gasteiger partial charge in [0.05, 0.1) is 0 Å². The highest BCUT2D eigenvalue weighted by molar-refractivity contribution is 5.74. The van der Waals surface area contributed by atoms with Crippen LogP contribution in [0.15, 0.2) is 48.5 Å². The fraction of sp³-hybridized carbons (Fsp3) is 0.409. The van der Waals surface area contributed by atoms with Gasteiger partial charge >= 0.3 is 6.09 Å². The van der Waals surface area contributed by atoms with Crippen molar-refractivity contribution in [3.63, 3.8) is 0 Å². The molecule has 4 heteroatoms. The van der Waals surface area contributed by atoms with Gasteiger partial charge < -0.3 is 15.0 Å². The molecule has 4 nitrogen and oxygen atoms in total. The van der Waals surface area contributed by atoms with Gasteiger partial charge in [-0.15, -0.1) is 0 Å². The highest BCUT2D eigenvalue weighted by Gasteiger charge is 2.46. The molecule has 1 saturated heterocycles. The van der Waals surface area contributed by atoms with Crippen LogP contribution < -0.4 is 5.32 Å². The Morgan fingerprint density at radius 2 is 1.88 bits per heavy atom. The number of nitrogens with one attached hydrogen (secondary N) is 1. The molecule has 2 heterocycles. The summed E-state index contributed by atoms with van der Waals surface area (Å²) in [6.45, 7) is 8.06. The van der Waals surface area contributed by atoms with Crippen LogP contribution in [0.4, 0.5) is 10.5 Å². The molecule has 1 N–H and O–H groups in total. The minimum absolute atomic E-state index is 0.0168. The third-order valence-electron chi connectivity index (χ3n) is 5.32. The highest BCUT2D eigenvalue weighted by atomic mass is 16.6. The SMILES string of the molecule is CC(C)(C)OC(=O)N1CCC2(CNc3ccc(-c4ccccc4)cc32)C1. The van der Waals surface area contributed by atoms with Crippen molar-refractivity contribution in [2.45, 2.75) is 38.2 Å². The molecule has 0 bridgehead atoms. The van der Waals surface area contributed by atoms with Gasteiger partial charge in [-0.05, 0) is 56.0 Å². The molecule has 2 aliphatic heterocycles. The van der Waals surface area contributed by atoms with Crippen molar-refractivity contribution in [1.29, 1.82) is 0 Å². The van der Waals surface area contributed by atoms with Crippen molar-refractivity contribution in [2.75, 3.05) is 25.0 Å². The van der Waals surface area contributed by atoms with Crippen LogP contribution in [0.5, 0.6) is 0 Å². The Morgan fingerprint density at radius 3 is 2.62 bits per heavy atom. The number of hydrogen-bond acceptors (Lipinski definition) is 3. The molecule has 0 radical (unpaired) electrons. The Labute approximate surface area is 155 Å². The summed E-state index contributed by atoms with van der Waals surface area (Å²) < 4.78 is 5.57. The zero-order valence-corrected chi connectivity index (χ0v) is 15.7. The third kappa shape index (κ3) is 3.05. The van der Waals surface area contributed by atoms with E-state index in [1.165, 1.54) is 22.4 Å². The van der Waals surface area contributed by atoms with Crippen molar-refractivity contribution in [3.05, 3.63) is 54.1 Å². The maximum atomic E-state index is 12.5. The topological polar surface area (TPSA) is 41.6 Å². The lowest BCUT2D eigenvalue weighted by Crippen LogP contribution is -2.38. The molecule has 1 fully saturated rings. The first-order valence-corrected chi connectivity index (χ1v) is 9.28. The van der Waals surface area contributed by atoms with Gasteiger partial charge in [-0.1, -0.05) is 36.4 Å². The lowest BCUT2D eigenvalue weighted by molar-refractivity contribution is 0.0285. The molecule has 0 aromatic heterocycles. The van der Waals surface area contributed by atoms with Crippen LogP contribution in [-0.2, 0) is 10.2 Å². The van der Waals surface area contributed by atoms with Gasteiger partial charge in [0.25, 0.3) is 0 Å². The normalized spacial score (nSPS) is 21.6. The summed E-state index contributed by atoms with van der Waals surface area (Å²) in [5.74, 6) is 0. The van der Waals surface area contributed by atoms with E-state index in [1.807, 2.05) is 31.7 Å². The molecular weight excluding hydrogens is 324 g/mol. The molecule has 2 aromatic carbocycles. The smallest absolute Gasteiger partial charge is 0.410 e. The average Bonchev–Trinajstić information content (AvgIpc) is 3.20. The molecule has 1 atom stereocenters. The van der Waals surface area contributed by atoms with Crippen molar-refractivity contribution in [3.8, 4) is 11.1 Å². The van der Waals surface area contributed by atoms with E-state index in [9.17, 15) is 4.79 Å². The molecule has 0 aliphatic carbocycles. The summed E-state index contributed by atoms with van der Waals surface area (Å²) in [4.78, 5) is 14.3. The summed E-state index contributed by atoms with van der Waals surface area (Å²) in [5, 5.41) is 3.54. The van der Waals surface area contributed by atoms with E-state index in [-0.39, 0.29) is 11.5 Å². The minimum atomic E-state index is -0.459. The van der Waals surface area contributed by atoms with Gasteiger partial charge in [-0.25, -0.2) is 4.79 Å². The van der Waals surface area contributed by atoms with Gasteiger partial charge in [0.15, 0.2) is 0 Å². The van der Waals surface area contributed by atoms with E-state index in [4.69, 9.17) is 4.74 Å². The van der Waals surface area contributed by atoms with Crippen LogP contribution in [0, 0.1) is 0 Å². The fourth-order valence-corrected chi connectivity index (χ4v) is 4.03. The number of hydrogen-bond donors (Lipinski definition) is 1. The Bertz CT molecular complexity index is 826. The van der Waals surface area contributed by atoms with Gasteiger partial charge in [-0.3, -0.25) is 0 Å². The largest absolute Gasteiger partial charge is 0.444 e. The molecule has 2 aliphatic rings. The number of fused-ring (bicyclic) bond motifs is 2.